The minimum atomic E-state index is -0.918. The Hall–Kier alpha value is -4.45. The predicted molar refractivity (Wildman–Crippen MR) is 151 cm³/mol. The van der Waals surface area contributed by atoms with Gasteiger partial charge in [0.1, 0.15) is 23.1 Å². The summed E-state index contributed by atoms with van der Waals surface area (Å²) in [6.45, 7) is 7.11. The first-order chi connectivity index (χ1) is 19.5. The lowest BCUT2D eigenvalue weighted by Gasteiger charge is -2.40. The number of nitrogens with zero attached hydrogens (tertiary/aromatic N) is 6. The van der Waals surface area contributed by atoms with Crippen LogP contribution in [0.25, 0.3) is 28.0 Å². The number of carbonyl (C=O) groups excluding carboxylic acids is 1. The number of aryl methyl sites for hydroxylation is 1. The summed E-state index contributed by atoms with van der Waals surface area (Å²) in [4.78, 5) is 43.1. The number of aromatic hydroxyl groups is 1. The van der Waals surface area contributed by atoms with Crippen LogP contribution >= 0.6 is 0 Å². The first-order valence-electron chi connectivity index (χ1n) is 13.3. The molecule has 10 nitrogen and oxygen atoms in total. The lowest BCUT2D eigenvalue weighted by Crippen LogP contribution is -2.54. The summed E-state index contributed by atoms with van der Waals surface area (Å²) in [6, 6.07) is 6.07. The zero-order chi connectivity index (χ0) is 29.6. The van der Waals surface area contributed by atoms with E-state index in [-0.39, 0.29) is 29.2 Å². The van der Waals surface area contributed by atoms with Gasteiger partial charge in [-0.15, -0.1) is 0 Å². The number of hydrogen-bond acceptors (Lipinski definition) is 8. The van der Waals surface area contributed by atoms with Crippen LogP contribution in [0.4, 0.5) is 14.6 Å². The van der Waals surface area contributed by atoms with E-state index in [1.807, 2.05) is 32.7 Å². The molecule has 0 spiro atoms. The van der Waals surface area contributed by atoms with Crippen LogP contribution in [0.1, 0.15) is 37.4 Å². The lowest BCUT2D eigenvalue weighted by molar-refractivity contribution is -0.118. The van der Waals surface area contributed by atoms with E-state index in [2.05, 4.69) is 15.0 Å². The van der Waals surface area contributed by atoms with E-state index < -0.39 is 46.3 Å². The quantitative estimate of drug-likeness (QED) is 0.366. The van der Waals surface area contributed by atoms with Gasteiger partial charge in [-0.3, -0.25) is 9.78 Å². The number of piperazine rings is 1. The molecule has 1 fully saturated rings. The van der Waals surface area contributed by atoms with Crippen molar-refractivity contribution in [2.45, 2.75) is 39.2 Å². The van der Waals surface area contributed by atoms with Crippen molar-refractivity contribution in [2.75, 3.05) is 31.6 Å². The van der Waals surface area contributed by atoms with E-state index in [1.54, 1.807) is 17.2 Å². The number of fused-ring (bicyclic) bond motifs is 1. The predicted octanol–water partition coefficient (Wildman–Crippen LogP) is 3.25. The molecule has 41 heavy (non-hydrogen) atoms. The first kappa shape index (κ1) is 28.1. The van der Waals surface area contributed by atoms with Crippen molar-refractivity contribution in [3.63, 3.8) is 0 Å². The number of rotatable bonds is 6. The maximum atomic E-state index is 15.8. The van der Waals surface area contributed by atoms with Crippen LogP contribution in [0.3, 0.4) is 0 Å². The fourth-order valence-corrected chi connectivity index (χ4v) is 5.43. The van der Waals surface area contributed by atoms with Crippen LogP contribution in [-0.4, -0.2) is 68.2 Å². The highest BCUT2D eigenvalue weighted by Crippen LogP contribution is 2.37. The molecule has 3 N–H and O–H groups in total. The third-order valence-corrected chi connectivity index (χ3v) is 7.35. The van der Waals surface area contributed by atoms with Gasteiger partial charge < -0.3 is 20.6 Å². The second-order valence-corrected chi connectivity index (χ2v) is 10.7. The molecule has 1 unspecified atom stereocenters. The van der Waals surface area contributed by atoms with Crippen molar-refractivity contribution < 1.29 is 18.7 Å². The van der Waals surface area contributed by atoms with Crippen LogP contribution < -0.4 is 16.3 Å². The average molecular weight is 564 g/mol. The SMILES string of the molecule is Cc1ccnc(C(C)C)c1-n1c(=O)nc(N2CCN(C)CC2CC(N)=O)c2cc(F)c(-c3c(O)cccc3F)nc21. The highest BCUT2D eigenvalue weighted by atomic mass is 19.1. The normalized spacial score (nSPS) is 16.1. The molecule has 0 saturated carbocycles. The van der Waals surface area contributed by atoms with E-state index in [1.165, 1.54) is 16.7 Å². The molecule has 12 heteroatoms. The molecular weight excluding hydrogens is 532 g/mol. The molecule has 1 saturated heterocycles. The van der Waals surface area contributed by atoms with E-state index in [0.29, 0.717) is 36.6 Å². The summed E-state index contributed by atoms with van der Waals surface area (Å²) >= 11 is 0. The Balaban J connectivity index is 1.89. The van der Waals surface area contributed by atoms with Crippen LogP contribution in [0, 0.1) is 18.6 Å². The molecule has 0 aliphatic carbocycles. The van der Waals surface area contributed by atoms with Gasteiger partial charge in [0.2, 0.25) is 5.91 Å². The number of benzene rings is 1. The van der Waals surface area contributed by atoms with E-state index >= 15 is 4.39 Å². The Kier molecular flexibility index (Phi) is 7.43. The van der Waals surface area contributed by atoms with Crippen molar-refractivity contribution in [2.24, 2.45) is 5.73 Å². The Morgan fingerprint density at radius 3 is 2.61 bits per heavy atom. The number of amides is 1. The van der Waals surface area contributed by atoms with Gasteiger partial charge in [0.05, 0.1) is 28.4 Å². The highest BCUT2D eigenvalue weighted by molar-refractivity contribution is 5.91. The molecule has 214 valence electrons. The zero-order valence-corrected chi connectivity index (χ0v) is 23.2. The number of halogens is 2. The second-order valence-electron chi connectivity index (χ2n) is 10.7. The second kappa shape index (κ2) is 10.8. The molecule has 4 heterocycles. The van der Waals surface area contributed by atoms with Gasteiger partial charge in [-0.25, -0.2) is 23.1 Å². The minimum absolute atomic E-state index is 0.00704. The zero-order valence-electron chi connectivity index (χ0n) is 23.2. The number of aromatic nitrogens is 4. The smallest absolute Gasteiger partial charge is 0.355 e. The number of likely N-dealkylation sites (N-methyl/N-ethyl adjacent to an activating group) is 1. The summed E-state index contributed by atoms with van der Waals surface area (Å²) in [5, 5.41) is 10.6. The summed E-state index contributed by atoms with van der Waals surface area (Å²) in [6.07, 6.45) is 1.63. The number of anilines is 1. The Labute approximate surface area is 235 Å². The standard InChI is InChI=1S/C29H31F2N7O3/c1-15(2)24-26(16(3)8-9-33-24)38-28-18(13-20(31)25(34-28)23-19(30)6-5-7-21(23)39)27(35-29(38)41)37-11-10-36(4)14-17(37)12-22(32)40/h5-9,13,15,17,39H,10-12,14H2,1-4H3,(H2,32,40). The topological polar surface area (TPSA) is 130 Å². The molecule has 1 aliphatic rings. The number of primary amides is 1. The number of phenolic OH excluding ortho intramolecular Hbond substituents is 1. The van der Waals surface area contributed by atoms with Gasteiger partial charge in [-0.05, 0) is 49.7 Å². The molecule has 4 aromatic rings. The largest absolute Gasteiger partial charge is 0.507 e. The van der Waals surface area contributed by atoms with Crippen molar-refractivity contribution in [3.05, 3.63) is 69.9 Å². The van der Waals surface area contributed by atoms with E-state index in [9.17, 15) is 19.1 Å². The molecule has 0 bridgehead atoms. The highest BCUT2D eigenvalue weighted by Gasteiger charge is 2.32. The average Bonchev–Trinajstić information content (AvgIpc) is 2.89. The minimum Gasteiger partial charge on any atom is -0.507 e. The third-order valence-electron chi connectivity index (χ3n) is 7.35. The third kappa shape index (κ3) is 5.10. The van der Waals surface area contributed by atoms with Crippen LogP contribution in [0.2, 0.25) is 0 Å². The molecule has 5 rings (SSSR count). The van der Waals surface area contributed by atoms with Crippen molar-refractivity contribution >= 4 is 22.8 Å². The molecule has 1 amide bonds. The summed E-state index contributed by atoms with van der Waals surface area (Å²) in [5.74, 6) is -2.77. The first-order valence-corrected chi connectivity index (χ1v) is 13.3. The summed E-state index contributed by atoms with van der Waals surface area (Å²) in [7, 11) is 1.90. The van der Waals surface area contributed by atoms with Gasteiger partial charge in [0.25, 0.3) is 0 Å². The molecule has 1 aromatic carbocycles. The van der Waals surface area contributed by atoms with E-state index in [0.717, 1.165) is 12.1 Å². The number of nitrogens with two attached hydrogens (primary N) is 1. The van der Waals surface area contributed by atoms with Crippen molar-refractivity contribution in [1.29, 1.82) is 0 Å². The summed E-state index contributed by atoms with van der Waals surface area (Å²) < 4.78 is 32.0. The van der Waals surface area contributed by atoms with Crippen LogP contribution in [-0.2, 0) is 4.79 Å². The van der Waals surface area contributed by atoms with Crippen molar-refractivity contribution in [3.8, 4) is 22.7 Å². The molecule has 3 aromatic heterocycles. The molecule has 1 atom stereocenters. The monoisotopic (exact) mass is 563 g/mol. The molecular formula is C29H31F2N7O3. The molecule has 1 aliphatic heterocycles. The maximum absolute atomic E-state index is 15.8. The number of phenols is 1. The lowest BCUT2D eigenvalue weighted by atomic mass is 10.0. The Morgan fingerprint density at radius 1 is 1.17 bits per heavy atom. The van der Waals surface area contributed by atoms with Gasteiger partial charge in [-0.1, -0.05) is 19.9 Å². The Bertz CT molecular complexity index is 1700. The number of pyridine rings is 2. The number of hydrogen-bond donors (Lipinski definition) is 2. The Morgan fingerprint density at radius 2 is 1.93 bits per heavy atom. The van der Waals surface area contributed by atoms with Gasteiger partial charge in [0, 0.05) is 32.3 Å². The fourth-order valence-electron chi connectivity index (χ4n) is 5.43. The summed E-state index contributed by atoms with van der Waals surface area (Å²) in [5.41, 5.74) is 5.69. The van der Waals surface area contributed by atoms with E-state index in [4.69, 9.17) is 5.73 Å². The molecule has 0 radical (unpaired) electrons. The number of carbonyl (C=O) groups is 1. The fraction of sp³-hybridized carbons (Fsp3) is 0.345. The van der Waals surface area contributed by atoms with Crippen LogP contribution in [0.5, 0.6) is 5.75 Å². The van der Waals surface area contributed by atoms with Gasteiger partial charge in [0.15, 0.2) is 11.5 Å². The maximum Gasteiger partial charge on any atom is 0.355 e. The van der Waals surface area contributed by atoms with Crippen molar-refractivity contribution in [1.82, 2.24) is 24.4 Å². The van der Waals surface area contributed by atoms with Crippen LogP contribution in [0.15, 0.2) is 41.3 Å². The van der Waals surface area contributed by atoms with Gasteiger partial charge >= 0.3 is 5.69 Å². The van der Waals surface area contributed by atoms with Gasteiger partial charge in [-0.2, -0.15) is 4.98 Å².